The summed E-state index contributed by atoms with van der Waals surface area (Å²) >= 11 is 0. The van der Waals surface area contributed by atoms with E-state index in [1.807, 2.05) is 0 Å². The van der Waals surface area contributed by atoms with E-state index in [4.69, 9.17) is 11.3 Å². The molecule has 0 N–H and O–H groups in total. The lowest BCUT2D eigenvalue weighted by atomic mass is 9.73. The quantitative estimate of drug-likeness (QED) is 0.370. The van der Waals surface area contributed by atoms with Crippen LogP contribution in [0.15, 0.2) is 35.6 Å². The van der Waals surface area contributed by atoms with E-state index in [-0.39, 0.29) is 11.5 Å². The highest BCUT2D eigenvalue weighted by atomic mass is 16.5. The maximum atomic E-state index is 7.60. The van der Waals surface area contributed by atoms with Crippen LogP contribution in [-0.4, -0.2) is 5.60 Å². The molecule has 2 aliphatic rings. The molecule has 1 heterocycles. The van der Waals surface area contributed by atoms with Gasteiger partial charge in [-0.2, -0.15) is 0 Å². The lowest BCUT2D eigenvalue weighted by molar-refractivity contribution is 0.127. The minimum atomic E-state index is -0.351. The maximum Gasteiger partial charge on any atom is 0.173 e. The zero-order valence-electron chi connectivity index (χ0n) is 15.3. The topological polar surface area (TPSA) is 13.6 Å². The van der Waals surface area contributed by atoms with E-state index in [1.54, 1.807) is 0 Å². The fourth-order valence-corrected chi connectivity index (χ4v) is 4.06. The van der Waals surface area contributed by atoms with Crippen molar-refractivity contribution in [2.45, 2.75) is 71.3 Å². The predicted molar refractivity (Wildman–Crippen MR) is 99.2 cm³/mol. The lowest BCUT2D eigenvalue weighted by Gasteiger charge is -2.42. The molecular formula is C22H27NO. The van der Waals surface area contributed by atoms with Gasteiger partial charge in [0.05, 0.1) is 6.57 Å². The minimum absolute atomic E-state index is 0.0692. The van der Waals surface area contributed by atoms with Gasteiger partial charge < -0.3 is 4.74 Å². The normalized spacial score (nSPS) is 20.9. The van der Waals surface area contributed by atoms with Crippen LogP contribution in [0.25, 0.3) is 4.85 Å². The van der Waals surface area contributed by atoms with Crippen molar-refractivity contribution in [1.82, 2.24) is 0 Å². The Morgan fingerprint density at radius 3 is 2.75 bits per heavy atom. The van der Waals surface area contributed by atoms with E-state index in [0.29, 0.717) is 0 Å². The molecule has 0 saturated heterocycles. The van der Waals surface area contributed by atoms with E-state index in [9.17, 15) is 0 Å². The Morgan fingerprint density at radius 1 is 1.25 bits per heavy atom. The van der Waals surface area contributed by atoms with Gasteiger partial charge in [0.25, 0.3) is 0 Å². The number of allylic oxidation sites excluding steroid dienone is 3. The number of fused-ring (bicyclic) bond motifs is 3. The minimum Gasteiger partial charge on any atom is -0.483 e. The molecule has 0 amide bonds. The van der Waals surface area contributed by atoms with E-state index in [2.05, 4.69) is 56.8 Å². The molecule has 0 bridgehead atoms. The molecule has 1 aliphatic heterocycles. The summed E-state index contributed by atoms with van der Waals surface area (Å²) in [5.41, 5.74) is 5.55. The van der Waals surface area contributed by atoms with Crippen LogP contribution in [0.3, 0.4) is 0 Å². The Labute approximate surface area is 146 Å². The molecule has 2 nitrogen and oxygen atoms in total. The molecule has 0 spiro atoms. The highest BCUT2D eigenvalue weighted by molar-refractivity contribution is 5.59. The first-order chi connectivity index (χ1) is 11.5. The molecule has 1 aromatic carbocycles. The van der Waals surface area contributed by atoms with Gasteiger partial charge in [-0.1, -0.05) is 38.0 Å². The summed E-state index contributed by atoms with van der Waals surface area (Å²) in [5.74, 6) is 1.05. The second kappa shape index (κ2) is 6.48. The average molecular weight is 321 g/mol. The van der Waals surface area contributed by atoms with Gasteiger partial charge in [-0.3, -0.25) is 0 Å². The standard InChI is InChI=1S/C22H27NO/c1-6-7-8-10-16-13-15(2)20-19(14-16)24-22(3,4)17-11-9-12-18(23-5)21(17)20/h11-14,21H,6-10H2,1-4H3. The highest BCUT2D eigenvalue weighted by Crippen LogP contribution is 2.51. The Bertz CT molecular complexity index is 746. The van der Waals surface area contributed by atoms with Gasteiger partial charge in [-0.05, 0) is 68.4 Å². The highest BCUT2D eigenvalue weighted by Gasteiger charge is 2.42. The Kier molecular flexibility index (Phi) is 4.54. The molecule has 24 heavy (non-hydrogen) atoms. The molecule has 1 atom stereocenters. The molecule has 1 aliphatic carbocycles. The third-order valence-corrected chi connectivity index (χ3v) is 5.23. The summed E-state index contributed by atoms with van der Waals surface area (Å²) in [6.07, 6.45) is 9.98. The molecule has 0 aromatic heterocycles. The van der Waals surface area contributed by atoms with Crippen LogP contribution in [0.4, 0.5) is 0 Å². The van der Waals surface area contributed by atoms with Crippen molar-refractivity contribution >= 4 is 0 Å². The second-order valence-corrected chi connectivity index (χ2v) is 7.46. The van der Waals surface area contributed by atoms with Crippen LogP contribution in [-0.2, 0) is 6.42 Å². The summed E-state index contributed by atoms with van der Waals surface area (Å²) in [6, 6.07) is 4.51. The van der Waals surface area contributed by atoms with Crippen molar-refractivity contribution < 1.29 is 4.74 Å². The van der Waals surface area contributed by atoms with Crippen LogP contribution in [0.5, 0.6) is 5.75 Å². The first kappa shape index (κ1) is 16.8. The first-order valence-electron chi connectivity index (χ1n) is 9.08. The van der Waals surface area contributed by atoms with Gasteiger partial charge in [0.15, 0.2) is 5.70 Å². The first-order valence-corrected chi connectivity index (χ1v) is 9.08. The van der Waals surface area contributed by atoms with Crippen molar-refractivity contribution in [2.75, 3.05) is 0 Å². The Balaban J connectivity index is 2.06. The fraction of sp³-hybridized carbons (Fsp3) is 0.500. The van der Waals surface area contributed by atoms with E-state index in [0.717, 1.165) is 24.3 Å². The summed E-state index contributed by atoms with van der Waals surface area (Å²) in [5, 5.41) is 0. The summed E-state index contributed by atoms with van der Waals surface area (Å²) in [7, 11) is 0. The summed E-state index contributed by atoms with van der Waals surface area (Å²) in [6.45, 7) is 16.3. The van der Waals surface area contributed by atoms with E-state index in [1.165, 1.54) is 41.5 Å². The zero-order valence-corrected chi connectivity index (χ0v) is 15.3. The number of aryl methyl sites for hydroxylation is 2. The molecule has 0 fully saturated rings. The van der Waals surface area contributed by atoms with Gasteiger partial charge in [-0.25, -0.2) is 4.85 Å². The summed E-state index contributed by atoms with van der Waals surface area (Å²) in [4.78, 5) is 3.84. The number of hydrogen-bond donors (Lipinski definition) is 0. The van der Waals surface area contributed by atoms with Crippen molar-refractivity contribution in [2.24, 2.45) is 0 Å². The number of hydrogen-bond acceptors (Lipinski definition) is 1. The third-order valence-electron chi connectivity index (χ3n) is 5.23. The van der Waals surface area contributed by atoms with Crippen LogP contribution < -0.4 is 4.74 Å². The average Bonchev–Trinajstić information content (AvgIpc) is 2.53. The molecule has 2 heteroatoms. The zero-order chi connectivity index (χ0) is 17.3. The number of ether oxygens (including phenoxy) is 1. The Hall–Kier alpha value is -2.01. The third kappa shape index (κ3) is 2.88. The molecule has 0 saturated carbocycles. The SMILES string of the molecule is [C-]#[N+]C1=CCC=C2C1c1c(C)cc(CCCCC)cc1OC2(C)C. The second-order valence-electron chi connectivity index (χ2n) is 7.46. The van der Waals surface area contributed by atoms with Crippen LogP contribution in [0.2, 0.25) is 0 Å². The van der Waals surface area contributed by atoms with Crippen LogP contribution >= 0.6 is 0 Å². The maximum absolute atomic E-state index is 7.60. The van der Waals surface area contributed by atoms with Gasteiger partial charge >= 0.3 is 0 Å². The molecule has 0 radical (unpaired) electrons. The van der Waals surface area contributed by atoms with Gasteiger partial charge in [0, 0.05) is 5.92 Å². The molecule has 126 valence electrons. The Morgan fingerprint density at radius 2 is 2.04 bits per heavy atom. The monoisotopic (exact) mass is 321 g/mol. The van der Waals surface area contributed by atoms with Crippen molar-refractivity contribution in [1.29, 1.82) is 0 Å². The molecule has 1 aromatic rings. The number of rotatable bonds is 4. The van der Waals surface area contributed by atoms with Crippen molar-refractivity contribution in [3.05, 3.63) is 63.7 Å². The molecule has 3 rings (SSSR count). The number of nitrogens with zero attached hydrogens (tertiary/aromatic N) is 1. The lowest BCUT2D eigenvalue weighted by Crippen LogP contribution is -2.39. The number of unbranched alkanes of at least 4 members (excludes halogenated alkanes) is 2. The van der Waals surface area contributed by atoms with Crippen LogP contribution in [0, 0.1) is 13.5 Å². The van der Waals surface area contributed by atoms with Gasteiger partial charge in [-0.15, -0.1) is 0 Å². The van der Waals surface area contributed by atoms with Gasteiger partial charge in [0.2, 0.25) is 0 Å². The summed E-state index contributed by atoms with van der Waals surface area (Å²) < 4.78 is 6.41. The molecule has 1 unspecified atom stereocenters. The smallest absolute Gasteiger partial charge is 0.173 e. The van der Waals surface area contributed by atoms with E-state index < -0.39 is 0 Å². The van der Waals surface area contributed by atoms with E-state index >= 15 is 0 Å². The number of benzene rings is 1. The fourth-order valence-electron chi connectivity index (χ4n) is 4.06. The molecular weight excluding hydrogens is 294 g/mol. The predicted octanol–water partition coefficient (Wildman–Crippen LogP) is 6.12. The van der Waals surface area contributed by atoms with Crippen LogP contribution in [0.1, 0.15) is 69.1 Å². The van der Waals surface area contributed by atoms with Crippen molar-refractivity contribution in [3.63, 3.8) is 0 Å². The van der Waals surface area contributed by atoms with Crippen molar-refractivity contribution in [3.8, 4) is 5.75 Å². The largest absolute Gasteiger partial charge is 0.483 e. The van der Waals surface area contributed by atoms with Gasteiger partial charge in [0.1, 0.15) is 11.4 Å².